The Balaban J connectivity index is 2.17. The molecule has 1 fully saturated rings. The highest BCUT2D eigenvalue weighted by Gasteiger charge is 2.15. The van der Waals surface area contributed by atoms with Gasteiger partial charge in [0.2, 0.25) is 5.91 Å². The first-order valence-corrected chi connectivity index (χ1v) is 6.65. The molecule has 0 saturated carbocycles. The number of carbonyl (C=O) groups excluding carboxylic acids is 1. The summed E-state index contributed by atoms with van der Waals surface area (Å²) < 4.78 is 13.3. The van der Waals surface area contributed by atoms with Gasteiger partial charge in [-0.15, -0.1) is 0 Å². The average molecular weight is 275 g/mol. The molecule has 2 rings (SSSR count). The molecule has 1 amide bonds. The van der Waals surface area contributed by atoms with Gasteiger partial charge in [-0.3, -0.25) is 9.69 Å². The summed E-state index contributed by atoms with van der Waals surface area (Å²) in [6.45, 7) is 2.73. The van der Waals surface area contributed by atoms with Crippen molar-refractivity contribution >= 4 is 5.91 Å². The SMILES string of the molecule is NCC#Cc1cc(F)ccc1CN1CCCNC(=O)C1. The van der Waals surface area contributed by atoms with E-state index in [4.69, 9.17) is 5.73 Å². The van der Waals surface area contributed by atoms with Gasteiger partial charge in [-0.2, -0.15) is 0 Å². The molecule has 0 spiro atoms. The molecule has 20 heavy (non-hydrogen) atoms. The van der Waals surface area contributed by atoms with Crippen molar-refractivity contribution in [2.45, 2.75) is 13.0 Å². The highest BCUT2D eigenvalue weighted by atomic mass is 19.1. The van der Waals surface area contributed by atoms with Gasteiger partial charge >= 0.3 is 0 Å². The maximum Gasteiger partial charge on any atom is 0.234 e. The second-order valence-electron chi connectivity index (χ2n) is 4.72. The minimum atomic E-state index is -0.316. The van der Waals surface area contributed by atoms with Crippen LogP contribution in [0.4, 0.5) is 4.39 Å². The summed E-state index contributed by atoms with van der Waals surface area (Å²) in [7, 11) is 0. The van der Waals surface area contributed by atoms with Crippen molar-refractivity contribution in [2.24, 2.45) is 5.73 Å². The summed E-state index contributed by atoms with van der Waals surface area (Å²) in [5, 5.41) is 2.83. The Morgan fingerprint density at radius 3 is 3.10 bits per heavy atom. The molecule has 1 aromatic carbocycles. The van der Waals surface area contributed by atoms with Crippen LogP contribution in [-0.4, -0.2) is 37.0 Å². The van der Waals surface area contributed by atoms with Gasteiger partial charge in [-0.05, 0) is 24.1 Å². The molecule has 1 aliphatic heterocycles. The van der Waals surface area contributed by atoms with Gasteiger partial charge in [0.1, 0.15) is 5.82 Å². The number of halogens is 1. The fourth-order valence-corrected chi connectivity index (χ4v) is 2.19. The van der Waals surface area contributed by atoms with E-state index >= 15 is 0 Å². The summed E-state index contributed by atoms with van der Waals surface area (Å²) >= 11 is 0. The number of nitrogens with one attached hydrogen (secondary N) is 1. The second kappa shape index (κ2) is 7.04. The molecule has 0 bridgehead atoms. The average Bonchev–Trinajstić information content (AvgIpc) is 2.63. The monoisotopic (exact) mass is 275 g/mol. The molecular formula is C15H18FN3O. The molecule has 1 heterocycles. The number of hydrogen-bond donors (Lipinski definition) is 2. The number of nitrogens with two attached hydrogens (primary N) is 1. The molecular weight excluding hydrogens is 257 g/mol. The van der Waals surface area contributed by atoms with Gasteiger partial charge in [0.15, 0.2) is 0 Å². The van der Waals surface area contributed by atoms with E-state index in [1.165, 1.54) is 12.1 Å². The molecule has 4 nitrogen and oxygen atoms in total. The van der Waals surface area contributed by atoms with Crippen LogP contribution in [0.5, 0.6) is 0 Å². The molecule has 0 radical (unpaired) electrons. The van der Waals surface area contributed by atoms with Crippen molar-refractivity contribution in [1.82, 2.24) is 10.2 Å². The molecule has 3 N–H and O–H groups in total. The predicted molar refractivity (Wildman–Crippen MR) is 75.2 cm³/mol. The minimum Gasteiger partial charge on any atom is -0.355 e. The van der Waals surface area contributed by atoms with Gasteiger partial charge in [0.25, 0.3) is 0 Å². The summed E-state index contributed by atoms with van der Waals surface area (Å²) in [6, 6.07) is 4.55. The number of benzene rings is 1. The lowest BCUT2D eigenvalue weighted by atomic mass is 10.1. The lowest BCUT2D eigenvalue weighted by Gasteiger charge is -2.19. The van der Waals surface area contributed by atoms with Crippen molar-refractivity contribution in [3.8, 4) is 11.8 Å². The largest absolute Gasteiger partial charge is 0.355 e. The van der Waals surface area contributed by atoms with Gasteiger partial charge < -0.3 is 11.1 Å². The second-order valence-corrected chi connectivity index (χ2v) is 4.72. The molecule has 1 saturated heterocycles. The lowest BCUT2D eigenvalue weighted by Crippen LogP contribution is -2.32. The summed E-state index contributed by atoms with van der Waals surface area (Å²) in [4.78, 5) is 13.6. The lowest BCUT2D eigenvalue weighted by molar-refractivity contribution is -0.121. The molecule has 0 aromatic heterocycles. The van der Waals surface area contributed by atoms with Crippen molar-refractivity contribution < 1.29 is 9.18 Å². The number of nitrogens with zero attached hydrogens (tertiary/aromatic N) is 1. The molecule has 1 aliphatic rings. The van der Waals surface area contributed by atoms with Gasteiger partial charge in [0, 0.05) is 25.2 Å². The third-order valence-corrected chi connectivity index (χ3v) is 3.13. The van der Waals surface area contributed by atoms with Crippen LogP contribution in [0.15, 0.2) is 18.2 Å². The van der Waals surface area contributed by atoms with Crippen LogP contribution < -0.4 is 11.1 Å². The summed E-state index contributed by atoms with van der Waals surface area (Å²) in [5.74, 6) is 5.34. The van der Waals surface area contributed by atoms with Crippen LogP contribution in [0, 0.1) is 17.7 Å². The van der Waals surface area contributed by atoms with Gasteiger partial charge in [-0.1, -0.05) is 17.9 Å². The third kappa shape index (κ3) is 4.05. The molecule has 0 atom stereocenters. The molecule has 0 unspecified atom stereocenters. The smallest absolute Gasteiger partial charge is 0.234 e. The highest BCUT2D eigenvalue weighted by Crippen LogP contribution is 2.14. The Hall–Kier alpha value is -1.90. The first-order valence-electron chi connectivity index (χ1n) is 6.65. The maximum atomic E-state index is 13.3. The zero-order valence-electron chi connectivity index (χ0n) is 11.3. The number of hydrogen-bond acceptors (Lipinski definition) is 3. The Labute approximate surface area is 118 Å². The van der Waals surface area contributed by atoms with E-state index in [1.807, 2.05) is 4.90 Å². The van der Waals surface area contributed by atoms with E-state index in [9.17, 15) is 9.18 Å². The predicted octanol–water partition coefficient (Wildman–Crippen LogP) is 0.458. The number of amides is 1. The summed E-state index contributed by atoms with van der Waals surface area (Å²) in [5.41, 5.74) is 6.91. The number of carbonyl (C=O) groups is 1. The molecule has 1 aromatic rings. The van der Waals surface area contributed by atoms with Crippen LogP contribution in [0.2, 0.25) is 0 Å². The van der Waals surface area contributed by atoms with Crippen LogP contribution >= 0.6 is 0 Å². The van der Waals surface area contributed by atoms with E-state index in [2.05, 4.69) is 17.2 Å². The van der Waals surface area contributed by atoms with Gasteiger partial charge in [0.05, 0.1) is 13.1 Å². The van der Waals surface area contributed by atoms with Crippen molar-refractivity contribution in [1.29, 1.82) is 0 Å². The maximum absolute atomic E-state index is 13.3. The van der Waals surface area contributed by atoms with E-state index in [-0.39, 0.29) is 18.3 Å². The van der Waals surface area contributed by atoms with Gasteiger partial charge in [-0.25, -0.2) is 4.39 Å². The normalized spacial score (nSPS) is 16.0. The standard InChI is InChI=1S/C15H18FN3O/c16-14-5-4-13(12(9-14)3-1-6-17)10-19-8-2-7-18-15(20)11-19/h4-5,9H,2,6-8,10-11,17H2,(H,18,20). The van der Waals surface area contributed by atoms with E-state index in [0.29, 0.717) is 25.2 Å². The Morgan fingerprint density at radius 2 is 2.30 bits per heavy atom. The molecule has 0 aliphatic carbocycles. The van der Waals surface area contributed by atoms with E-state index in [0.717, 1.165) is 18.5 Å². The minimum absolute atomic E-state index is 0.0270. The van der Waals surface area contributed by atoms with Crippen molar-refractivity contribution in [3.05, 3.63) is 35.1 Å². The first kappa shape index (κ1) is 14.5. The fourth-order valence-electron chi connectivity index (χ4n) is 2.19. The van der Waals surface area contributed by atoms with Crippen molar-refractivity contribution in [3.63, 3.8) is 0 Å². The fraction of sp³-hybridized carbons (Fsp3) is 0.400. The Bertz CT molecular complexity index is 548. The Kier molecular flexibility index (Phi) is 5.10. The van der Waals surface area contributed by atoms with Crippen LogP contribution in [0.1, 0.15) is 17.5 Å². The quantitative estimate of drug-likeness (QED) is 0.771. The highest BCUT2D eigenvalue weighted by molar-refractivity contribution is 5.78. The zero-order chi connectivity index (χ0) is 14.4. The van der Waals surface area contributed by atoms with Crippen LogP contribution in [-0.2, 0) is 11.3 Å². The Morgan fingerprint density at radius 1 is 1.45 bits per heavy atom. The molecule has 106 valence electrons. The van der Waals surface area contributed by atoms with E-state index < -0.39 is 0 Å². The third-order valence-electron chi connectivity index (χ3n) is 3.13. The summed E-state index contributed by atoms with van der Waals surface area (Å²) in [6.07, 6.45) is 0.913. The molecule has 5 heteroatoms. The van der Waals surface area contributed by atoms with E-state index in [1.54, 1.807) is 6.07 Å². The van der Waals surface area contributed by atoms with Crippen LogP contribution in [0.3, 0.4) is 0 Å². The van der Waals surface area contributed by atoms with Crippen LogP contribution in [0.25, 0.3) is 0 Å². The zero-order valence-corrected chi connectivity index (χ0v) is 11.3. The first-order chi connectivity index (χ1) is 9.69. The topological polar surface area (TPSA) is 58.4 Å². The van der Waals surface area contributed by atoms with Crippen molar-refractivity contribution in [2.75, 3.05) is 26.2 Å². The number of rotatable bonds is 2.